The van der Waals surface area contributed by atoms with E-state index in [-0.39, 0.29) is 5.97 Å². The molecule has 0 bridgehead atoms. The lowest BCUT2D eigenvalue weighted by molar-refractivity contribution is -0.145. The molecule has 0 aliphatic heterocycles. The van der Waals surface area contributed by atoms with Crippen molar-refractivity contribution in [3.05, 3.63) is 0 Å². The van der Waals surface area contributed by atoms with Gasteiger partial charge in [-0.15, -0.1) is 0 Å². The Morgan fingerprint density at radius 2 is 1.24 bits per heavy atom. The van der Waals surface area contributed by atoms with E-state index in [9.17, 15) is 9.90 Å². The van der Waals surface area contributed by atoms with Gasteiger partial charge < -0.3 is 9.84 Å². The monoisotopic (exact) mass is 412 g/mol. The van der Waals surface area contributed by atoms with E-state index in [2.05, 4.69) is 20.8 Å². The minimum absolute atomic E-state index is 0.0189. The molecular weight excluding hydrogens is 360 g/mol. The van der Waals surface area contributed by atoms with Gasteiger partial charge in [-0.25, -0.2) is 0 Å². The van der Waals surface area contributed by atoms with E-state index >= 15 is 0 Å². The van der Waals surface area contributed by atoms with Gasteiger partial charge in [-0.3, -0.25) is 4.79 Å². The highest BCUT2D eigenvalue weighted by molar-refractivity contribution is 5.69. The predicted molar refractivity (Wildman–Crippen MR) is 125 cm³/mol. The fraction of sp³-hybridized carbons (Fsp3) is 0.962. The van der Waals surface area contributed by atoms with Crippen molar-refractivity contribution in [1.82, 2.24) is 0 Å². The SMILES string of the molecule is CCCCCCCCCC(CO)CCCCCCCC(=O)OCC(CC)CCC. The van der Waals surface area contributed by atoms with Crippen molar-refractivity contribution in [1.29, 1.82) is 0 Å². The van der Waals surface area contributed by atoms with Crippen molar-refractivity contribution in [3.8, 4) is 0 Å². The van der Waals surface area contributed by atoms with Crippen molar-refractivity contribution < 1.29 is 14.6 Å². The quantitative estimate of drug-likeness (QED) is 0.145. The zero-order valence-corrected chi connectivity index (χ0v) is 20.1. The summed E-state index contributed by atoms with van der Waals surface area (Å²) in [5.41, 5.74) is 0. The number of rotatable bonds is 22. The molecule has 0 aromatic carbocycles. The highest BCUT2D eigenvalue weighted by Crippen LogP contribution is 2.19. The van der Waals surface area contributed by atoms with Crippen molar-refractivity contribution in [3.63, 3.8) is 0 Å². The average molecular weight is 413 g/mol. The third-order valence-electron chi connectivity index (χ3n) is 6.22. The van der Waals surface area contributed by atoms with Gasteiger partial charge in [0.1, 0.15) is 0 Å². The van der Waals surface area contributed by atoms with Crippen molar-refractivity contribution in [2.45, 2.75) is 136 Å². The second kappa shape index (κ2) is 22.1. The van der Waals surface area contributed by atoms with Crippen LogP contribution in [-0.2, 0) is 9.53 Å². The minimum Gasteiger partial charge on any atom is -0.465 e. The number of ether oxygens (including phenoxy) is 1. The van der Waals surface area contributed by atoms with Gasteiger partial charge >= 0.3 is 5.97 Å². The van der Waals surface area contributed by atoms with Gasteiger partial charge in [0.2, 0.25) is 0 Å². The van der Waals surface area contributed by atoms with Crippen LogP contribution in [-0.4, -0.2) is 24.3 Å². The molecule has 0 rings (SSSR count). The second-order valence-corrected chi connectivity index (χ2v) is 9.01. The van der Waals surface area contributed by atoms with Crippen LogP contribution >= 0.6 is 0 Å². The number of aliphatic hydroxyl groups is 1. The molecule has 0 aromatic rings. The van der Waals surface area contributed by atoms with Gasteiger partial charge in [0.05, 0.1) is 6.61 Å². The molecule has 2 atom stereocenters. The number of unbranched alkanes of at least 4 members (excludes halogenated alkanes) is 10. The topological polar surface area (TPSA) is 46.5 Å². The Hall–Kier alpha value is -0.570. The number of carbonyl (C=O) groups excluding carboxylic acids is 1. The Morgan fingerprint density at radius 1 is 0.690 bits per heavy atom. The molecule has 0 amide bonds. The highest BCUT2D eigenvalue weighted by atomic mass is 16.5. The summed E-state index contributed by atoms with van der Waals surface area (Å²) < 4.78 is 5.43. The van der Waals surface area contributed by atoms with Crippen LogP contribution in [0.1, 0.15) is 136 Å². The molecule has 0 aliphatic carbocycles. The van der Waals surface area contributed by atoms with Gasteiger partial charge in [-0.2, -0.15) is 0 Å². The first-order valence-electron chi connectivity index (χ1n) is 12.9. The molecule has 3 heteroatoms. The van der Waals surface area contributed by atoms with Crippen molar-refractivity contribution in [2.24, 2.45) is 11.8 Å². The molecule has 0 saturated carbocycles. The predicted octanol–water partition coefficient (Wildman–Crippen LogP) is 7.84. The lowest BCUT2D eigenvalue weighted by Gasteiger charge is -2.14. The zero-order valence-electron chi connectivity index (χ0n) is 20.1. The average Bonchev–Trinajstić information content (AvgIpc) is 2.73. The Bertz CT molecular complexity index is 343. The van der Waals surface area contributed by atoms with E-state index in [1.807, 2.05) is 0 Å². The smallest absolute Gasteiger partial charge is 0.305 e. The van der Waals surface area contributed by atoms with E-state index in [1.165, 1.54) is 70.6 Å². The minimum atomic E-state index is -0.0189. The van der Waals surface area contributed by atoms with E-state index in [0.717, 1.165) is 38.5 Å². The van der Waals surface area contributed by atoms with E-state index in [1.54, 1.807) is 0 Å². The standard InChI is InChI=1S/C26H52O3/c1-4-7-8-9-10-12-15-19-25(22-27)20-16-13-11-14-17-21-26(28)29-23-24(6-3)18-5-2/h24-25,27H,4-23H2,1-3H3. The van der Waals surface area contributed by atoms with Crippen LogP contribution in [0.15, 0.2) is 0 Å². The molecule has 0 saturated heterocycles. The molecule has 1 N–H and O–H groups in total. The van der Waals surface area contributed by atoms with Gasteiger partial charge in [0, 0.05) is 13.0 Å². The lowest BCUT2D eigenvalue weighted by atomic mass is 9.95. The lowest BCUT2D eigenvalue weighted by Crippen LogP contribution is -2.13. The molecule has 3 nitrogen and oxygen atoms in total. The number of aliphatic hydroxyl groups excluding tert-OH is 1. The Balaban J connectivity index is 3.51. The Kier molecular flexibility index (Phi) is 21.7. The van der Waals surface area contributed by atoms with Gasteiger partial charge in [-0.05, 0) is 37.5 Å². The maximum atomic E-state index is 11.8. The third-order valence-corrected chi connectivity index (χ3v) is 6.22. The van der Waals surface area contributed by atoms with Crippen LogP contribution in [0.4, 0.5) is 0 Å². The molecule has 2 unspecified atom stereocenters. The normalized spacial score (nSPS) is 13.4. The molecule has 0 aromatic heterocycles. The van der Waals surface area contributed by atoms with Crippen LogP contribution in [0, 0.1) is 11.8 Å². The molecule has 0 aliphatic rings. The van der Waals surface area contributed by atoms with Gasteiger partial charge in [0.15, 0.2) is 0 Å². The Morgan fingerprint density at radius 3 is 1.76 bits per heavy atom. The van der Waals surface area contributed by atoms with E-state index < -0.39 is 0 Å². The van der Waals surface area contributed by atoms with Gasteiger partial charge in [0.25, 0.3) is 0 Å². The van der Waals surface area contributed by atoms with Crippen LogP contribution in [0.25, 0.3) is 0 Å². The molecule has 29 heavy (non-hydrogen) atoms. The van der Waals surface area contributed by atoms with Crippen LogP contribution in [0.2, 0.25) is 0 Å². The Labute approximate surface area is 182 Å². The first-order chi connectivity index (χ1) is 14.2. The first-order valence-corrected chi connectivity index (χ1v) is 12.9. The fourth-order valence-corrected chi connectivity index (χ4v) is 4.05. The summed E-state index contributed by atoms with van der Waals surface area (Å²) >= 11 is 0. The number of esters is 1. The summed E-state index contributed by atoms with van der Waals surface area (Å²) in [5.74, 6) is 1.01. The summed E-state index contributed by atoms with van der Waals surface area (Å²) in [6.45, 7) is 7.56. The summed E-state index contributed by atoms with van der Waals surface area (Å²) in [7, 11) is 0. The number of hydrogen-bond acceptors (Lipinski definition) is 3. The molecule has 0 fully saturated rings. The van der Waals surface area contributed by atoms with Crippen molar-refractivity contribution >= 4 is 5.97 Å². The maximum Gasteiger partial charge on any atom is 0.305 e. The zero-order chi connectivity index (χ0) is 21.6. The van der Waals surface area contributed by atoms with E-state index in [4.69, 9.17) is 4.74 Å². The molecule has 0 spiro atoms. The summed E-state index contributed by atoms with van der Waals surface area (Å²) in [5, 5.41) is 9.59. The molecule has 0 heterocycles. The largest absolute Gasteiger partial charge is 0.465 e. The maximum absolute atomic E-state index is 11.8. The van der Waals surface area contributed by atoms with Crippen LogP contribution < -0.4 is 0 Å². The fourth-order valence-electron chi connectivity index (χ4n) is 4.05. The van der Waals surface area contributed by atoms with Crippen LogP contribution in [0.3, 0.4) is 0 Å². The van der Waals surface area contributed by atoms with Crippen LogP contribution in [0.5, 0.6) is 0 Å². The number of hydrogen-bond donors (Lipinski definition) is 1. The summed E-state index contributed by atoms with van der Waals surface area (Å²) in [4.78, 5) is 11.8. The summed E-state index contributed by atoms with van der Waals surface area (Å²) in [6.07, 6.45) is 21.4. The molecular formula is C26H52O3. The number of carbonyl (C=O) groups is 1. The molecule has 174 valence electrons. The van der Waals surface area contributed by atoms with Crippen molar-refractivity contribution in [2.75, 3.05) is 13.2 Å². The highest BCUT2D eigenvalue weighted by Gasteiger charge is 2.10. The first kappa shape index (κ1) is 28.4. The third kappa shape index (κ3) is 19.2. The van der Waals surface area contributed by atoms with E-state index in [0.29, 0.717) is 31.5 Å². The van der Waals surface area contributed by atoms with Gasteiger partial charge in [-0.1, -0.05) is 104 Å². The molecule has 0 radical (unpaired) electrons. The second-order valence-electron chi connectivity index (χ2n) is 9.01. The summed E-state index contributed by atoms with van der Waals surface area (Å²) in [6, 6.07) is 0.